The van der Waals surface area contributed by atoms with E-state index in [1.54, 1.807) is 6.07 Å². The smallest absolute Gasteiger partial charge is 0.265 e. The predicted octanol–water partition coefficient (Wildman–Crippen LogP) is 4.20. The fourth-order valence-electron chi connectivity index (χ4n) is 1.22. The fourth-order valence-corrected chi connectivity index (χ4v) is 1.93. The lowest BCUT2D eigenvalue weighted by Crippen LogP contribution is -2.05. The first-order valence-electron chi connectivity index (χ1n) is 4.23. The molecule has 0 bridgehead atoms. The van der Waals surface area contributed by atoms with E-state index in [0.717, 1.165) is 0 Å². The van der Waals surface area contributed by atoms with Crippen LogP contribution in [0, 0.1) is 0 Å². The first-order valence-corrected chi connectivity index (χ1v) is 5.56. The Morgan fingerprint density at radius 3 is 2.67 bits per heavy atom. The van der Waals surface area contributed by atoms with Crippen molar-refractivity contribution in [2.24, 2.45) is 0 Å². The molecule has 0 aliphatic rings. The lowest BCUT2D eigenvalue weighted by Gasteiger charge is -2.09. The molecule has 0 heterocycles. The zero-order chi connectivity index (χ0) is 11.4. The maximum Gasteiger partial charge on any atom is 0.265 e. The van der Waals surface area contributed by atoms with Gasteiger partial charge >= 0.3 is 0 Å². The second-order valence-electron chi connectivity index (χ2n) is 2.86. The average molecular weight is 298 g/mol. The summed E-state index contributed by atoms with van der Waals surface area (Å²) in [7, 11) is 0. The molecule has 1 rings (SSSR count). The van der Waals surface area contributed by atoms with Gasteiger partial charge < -0.3 is 0 Å². The minimum absolute atomic E-state index is 0.0417. The molecule has 5 heteroatoms. The van der Waals surface area contributed by atoms with Crippen molar-refractivity contribution < 1.29 is 13.6 Å². The Hall–Kier alpha value is -0.480. The fraction of sp³-hybridized carbons (Fsp3) is 0.300. The van der Waals surface area contributed by atoms with Crippen molar-refractivity contribution in [2.75, 3.05) is 5.88 Å². The van der Waals surface area contributed by atoms with Crippen molar-refractivity contribution in [1.82, 2.24) is 0 Å². The van der Waals surface area contributed by atoms with Gasteiger partial charge in [-0.1, -0.05) is 28.1 Å². The Labute approximate surface area is 99.6 Å². The third-order valence-corrected chi connectivity index (χ3v) is 2.77. The lowest BCUT2D eigenvalue weighted by atomic mass is 10.0. The van der Waals surface area contributed by atoms with Gasteiger partial charge in [0.1, 0.15) is 0 Å². The van der Waals surface area contributed by atoms with Gasteiger partial charge in [-0.3, -0.25) is 4.79 Å². The van der Waals surface area contributed by atoms with Crippen molar-refractivity contribution in [3.63, 3.8) is 0 Å². The number of benzene rings is 1. The second-order valence-corrected chi connectivity index (χ2v) is 4.10. The van der Waals surface area contributed by atoms with Gasteiger partial charge in [0.05, 0.1) is 0 Å². The van der Waals surface area contributed by atoms with Gasteiger partial charge in [-0.2, -0.15) is 0 Å². The first-order chi connectivity index (χ1) is 7.07. The van der Waals surface area contributed by atoms with Crippen LogP contribution in [0.4, 0.5) is 8.78 Å². The topological polar surface area (TPSA) is 17.1 Å². The molecule has 1 aromatic carbocycles. The summed E-state index contributed by atoms with van der Waals surface area (Å²) in [6, 6.07) is 4.43. The highest BCUT2D eigenvalue weighted by molar-refractivity contribution is 9.10. The highest BCUT2D eigenvalue weighted by atomic mass is 79.9. The molecule has 0 fully saturated rings. The summed E-state index contributed by atoms with van der Waals surface area (Å²) in [5, 5.41) is 0. The molecule has 1 nitrogen and oxygen atoms in total. The molecule has 0 atom stereocenters. The maximum atomic E-state index is 12.7. The standard InChI is InChI=1S/C10H8BrClF2O/c11-7-3-1-2-6(8(15)4-5-12)9(7)10(13)14/h1-3,10H,4-5H2. The highest BCUT2D eigenvalue weighted by Gasteiger charge is 2.20. The minimum Gasteiger partial charge on any atom is -0.294 e. The zero-order valence-corrected chi connectivity index (χ0v) is 9.99. The largest absolute Gasteiger partial charge is 0.294 e. The molecule has 0 aliphatic carbocycles. The van der Waals surface area contributed by atoms with Crippen LogP contribution in [-0.2, 0) is 0 Å². The molecule has 0 aromatic heterocycles. The number of Topliss-reactive ketones (excluding diaryl/α,β-unsaturated/α-hetero) is 1. The third-order valence-electron chi connectivity index (χ3n) is 1.89. The van der Waals surface area contributed by atoms with Crippen LogP contribution in [0.2, 0.25) is 0 Å². The summed E-state index contributed by atoms with van der Waals surface area (Å²) >= 11 is 8.40. The second kappa shape index (κ2) is 5.56. The minimum atomic E-state index is -2.67. The van der Waals surface area contributed by atoms with E-state index in [1.165, 1.54) is 12.1 Å². The lowest BCUT2D eigenvalue weighted by molar-refractivity contribution is 0.0975. The molecule has 0 N–H and O–H groups in total. The average Bonchev–Trinajstić information content (AvgIpc) is 2.17. The Morgan fingerprint density at radius 1 is 1.47 bits per heavy atom. The summed E-state index contributed by atoms with van der Waals surface area (Å²) in [6.07, 6.45) is -2.60. The van der Waals surface area contributed by atoms with Crippen LogP contribution in [0.3, 0.4) is 0 Å². The van der Waals surface area contributed by atoms with Crippen LogP contribution >= 0.6 is 27.5 Å². The molecule has 0 saturated carbocycles. The molecular formula is C10H8BrClF2O. The number of alkyl halides is 3. The number of carbonyl (C=O) groups is 1. The zero-order valence-electron chi connectivity index (χ0n) is 7.64. The summed E-state index contributed by atoms with van der Waals surface area (Å²) < 4.78 is 25.6. The number of carbonyl (C=O) groups excluding carboxylic acids is 1. The van der Waals surface area contributed by atoms with Gasteiger partial charge in [-0.25, -0.2) is 8.78 Å². The van der Waals surface area contributed by atoms with E-state index in [2.05, 4.69) is 15.9 Å². The molecule has 0 spiro atoms. The van der Waals surface area contributed by atoms with E-state index in [4.69, 9.17) is 11.6 Å². The van der Waals surface area contributed by atoms with Crippen LogP contribution in [0.15, 0.2) is 22.7 Å². The number of rotatable bonds is 4. The first kappa shape index (κ1) is 12.6. The molecule has 15 heavy (non-hydrogen) atoms. The van der Waals surface area contributed by atoms with E-state index < -0.39 is 6.43 Å². The van der Waals surface area contributed by atoms with E-state index >= 15 is 0 Å². The number of halogens is 4. The Kier molecular flexibility index (Phi) is 4.67. The molecule has 0 amide bonds. The van der Waals surface area contributed by atoms with Crippen LogP contribution in [0.5, 0.6) is 0 Å². The number of ketones is 1. The van der Waals surface area contributed by atoms with E-state index in [9.17, 15) is 13.6 Å². The van der Waals surface area contributed by atoms with Gasteiger partial charge in [0.2, 0.25) is 0 Å². The van der Waals surface area contributed by atoms with E-state index in [0.29, 0.717) is 0 Å². The third kappa shape index (κ3) is 2.98. The maximum absolute atomic E-state index is 12.7. The van der Waals surface area contributed by atoms with E-state index in [-0.39, 0.29) is 33.7 Å². The van der Waals surface area contributed by atoms with Crippen LogP contribution < -0.4 is 0 Å². The van der Waals surface area contributed by atoms with Gasteiger partial charge in [-0.15, -0.1) is 11.6 Å². The van der Waals surface area contributed by atoms with Crippen molar-refractivity contribution in [1.29, 1.82) is 0 Å². The Bertz CT molecular complexity index is 368. The molecule has 0 radical (unpaired) electrons. The molecular weight excluding hydrogens is 289 g/mol. The van der Waals surface area contributed by atoms with Crippen LogP contribution in [-0.4, -0.2) is 11.7 Å². The van der Waals surface area contributed by atoms with Crippen molar-refractivity contribution in [3.05, 3.63) is 33.8 Å². The normalized spacial score (nSPS) is 10.7. The summed E-state index contributed by atoms with van der Waals surface area (Å²) in [5.74, 6) is -0.227. The molecule has 82 valence electrons. The van der Waals surface area contributed by atoms with Crippen molar-refractivity contribution in [2.45, 2.75) is 12.8 Å². The highest BCUT2D eigenvalue weighted by Crippen LogP contribution is 2.31. The van der Waals surface area contributed by atoms with E-state index in [1.807, 2.05) is 0 Å². The Balaban J connectivity index is 3.17. The van der Waals surface area contributed by atoms with Crippen molar-refractivity contribution >= 4 is 33.3 Å². The number of hydrogen-bond acceptors (Lipinski definition) is 1. The van der Waals surface area contributed by atoms with Crippen molar-refractivity contribution in [3.8, 4) is 0 Å². The van der Waals surface area contributed by atoms with Gasteiger partial charge in [0.25, 0.3) is 6.43 Å². The molecule has 0 aliphatic heterocycles. The molecule has 0 saturated heterocycles. The monoisotopic (exact) mass is 296 g/mol. The summed E-state index contributed by atoms with van der Waals surface area (Å²) in [4.78, 5) is 11.5. The quantitative estimate of drug-likeness (QED) is 0.601. The van der Waals surface area contributed by atoms with Gasteiger partial charge in [0, 0.05) is 27.9 Å². The van der Waals surface area contributed by atoms with Crippen LogP contribution in [0.25, 0.3) is 0 Å². The summed E-state index contributed by atoms with van der Waals surface area (Å²) in [5.41, 5.74) is -0.215. The van der Waals surface area contributed by atoms with Crippen LogP contribution in [0.1, 0.15) is 28.8 Å². The Morgan fingerprint density at radius 2 is 2.13 bits per heavy atom. The van der Waals surface area contributed by atoms with Gasteiger partial charge in [0.15, 0.2) is 5.78 Å². The van der Waals surface area contributed by atoms with Gasteiger partial charge in [-0.05, 0) is 6.07 Å². The molecule has 1 aromatic rings. The summed E-state index contributed by atoms with van der Waals surface area (Å²) in [6.45, 7) is 0. The number of hydrogen-bond donors (Lipinski definition) is 0. The predicted molar refractivity (Wildman–Crippen MR) is 58.8 cm³/mol. The molecule has 0 unspecified atom stereocenters. The SMILES string of the molecule is O=C(CCCl)c1cccc(Br)c1C(F)F.